The minimum atomic E-state index is -1.02. The molecule has 6 heteroatoms. The zero-order valence-corrected chi connectivity index (χ0v) is 12.6. The van der Waals surface area contributed by atoms with Crippen molar-refractivity contribution in [2.75, 3.05) is 7.05 Å². The predicted molar refractivity (Wildman–Crippen MR) is 81.3 cm³/mol. The van der Waals surface area contributed by atoms with Crippen molar-refractivity contribution in [2.24, 2.45) is 0 Å². The lowest BCUT2D eigenvalue weighted by Gasteiger charge is -2.21. The molecule has 1 heterocycles. The number of rotatable bonds is 6. The number of hydrogen-bond donors (Lipinski definition) is 1. The molecule has 0 radical (unpaired) electrons. The fourth-order valence-electron chi connectivity index (χ4n) is 2.08. The van der Waals surface area contributed by atoms with E-state index in [1.165, 1.54) is 18.9 Å². The first kappa shape index (κ1) is 15.8. The predicted octanol–water partition coefficient (Wildman–Crippen LogP) is 1.41. The molecule has 0 saturated carbocycles. The Labute approximate surface area is 129 Å². The molecule has 2 rings (SSSR count). The quantitative estimate of drug-likeness (QED) is 0.875. The van der Waals surface area contributed by atoms with Crippen molar-refractivity contribution in [3.8, 4) is 0 Å². The lowest BCUT2D eigenvalue weighted by molar-refractivity contribution is -0.148. The topological polar surface area (TPSA) is 75.4 Å². The van der Waals surface area contributed by atoms with E-state index in [0.717, 1.165) is 11.3 Å². The number of carbonyl (C=O) groups excluding carboxylic acids is 1. The Morgan fingerprint density at radius 2 is 2.00 bits per heavy atom. The molecule has 1 aromatic heterocycles. The largest absolute Gasteiger partial charge is 0.480 e. The SMILES string of the molecule is CC(C(=O)O)N(C)C(=O)Cc1cncn1Cc1ccccc1. The monoisotopic (exact) mass is 301 g/mol. The summed E-state index contributed by atoms with van der Waals surface area (Å²) in [5.41, 5.74) is 1.87. The van der Waals surface area contributed by atoms with Crippen LogP contribution in [0.4, 0.5) is 0 Å². The van der Waals surface area contributed by atoms with Gasteiger partial charge in [0.15, 0.2) is 0 Å². The molecule has 1 aromatic carbocycles. The summed E-state index contributed by atoms with van der Waals surface area (Å²) in [6.45, 7) is 2.11. The van der Waals surface area contributed by atoms with Gasteiger partial charge in [0.05, 0.1) is 12.7 Å². The lowest BCUT2D eigenvalue weighted by atomic mass is 10.2. The van der Waals surface area contributed by atoms with Gasteiger partial charge in [-0.1, -0.05) is 30.3 Å². The van der Waals surface area contributed by atoms with E-state index in [1.807, 2.05) is 34.9 Å². The van der Waals surface area contributed by atoms with Crippen LogP contribution in [-0.4, -0.2) is 44.5 Å². The Morgan fingerprint density at radius 1 is 1.32 bits per heavy atom. The first-order valence-corrected chi connectivity index (χ1v) is 7.00. The second kappa shape index (κ2) is 6.89. The molecule has 0 aliphatic heterocycles. The van der Waals surface area contributed by atoms with Crippen molar-refractivity contribution in [1.82, 2.24) is 14.5 Å². The fraction of sp³-hybridized carbons (Fsp3) is 0.312. The van der Waals surface area contributed by atoms with Crippen molar-refractivity contribution in [2.45, 2.75) is 25.9 Å². The Balaban J connectivity index is 2.07. The molecule has 0 bridgehead atoms. The molecule has 0 aliphatic rings. The average molecular weight is 301 g/mol. The summed E-state index contributed by atoms with van der Waals surface area (Å²) in [6, 6.07) is 9.02. The van der Waals surface area contributed by atoms with Crippen LogP contribution in [0, 0.1) is 0 Å². The van der Waals surface area contributed by atoms with Gasteiger partial charge in [0.2, 0.25) is 5.91 Å². The molecule has 1 amide bonds. The zero-order valence-electron chi connectivity index (χ0n) is 12.6. The highest BCUT2D eigenvalue weighted by Gasteiger charge is 2.22. The van der Waals surface area contributed by atoms with Crippen LogP contribution < -0.4 is 0 Å². The summed E-state index contributed by atoms with van der Waals surface area (Å²) in [5.74, 6) is -1.27. The van der Waals surface area contributed by atoms with Gasteiger partial charge >= 0.3 is 5.97 Å². The average Bonchev–Trinajstić information content (AvgIpc) is 2.93. The maximum atomic E-state index is 12.2. The van der Waals surface area contributed by atoms with E-state index in [1.54, 1.807) is 12.5 Å². The minimum Gasteiger partial charge on any atom is -0.480 e. The zero-order chi connectivity index (χ0) is 16.1. The highest BCUT2D eigenvalue weighted by molar-refractivity contribution is 5.84. The molecule has 0 saturated heterocycles. The number of aromatic nitrogens is 2. The van der Waals surface area contributed by atoms with E-state index in [2.05, 4.69) is 4.98 Å². The normalized spacial score (nSPS) is 11.9. The number of nitrogens with zero attached hydrogens (tertiary/aromatic N) is 3. The van der Waals surface area contributed by atoms with Gasteiger partial charge in [-0.3, -0.25) is 4.79 Å². The van der Waals surface area contributed by atoms with Gasteiger partial charge in [-0.05, 0) is 12.5 Å². The maximum absolute atomic E-state index is 12.2. The van der Waals surface area contributed by atoms with Gasteiger partial charge in [0.1, 0.15) is 6.04 Å². The Bertz CT molecular complexity index is 652. The second-order valence-electron chi connectivity index (χ2n) is 5.19. The van der Waals surface area contributed by atoms with Crippen molar-refractivity contribution >= 4 is 11.9 Å². The van der Waals surface area contributed by atoms with Crippen LogP contribution in [0.15, 0.2) is 42.9 Å². The number of benzene rings is 1. The number of carboxylic acid groups (broad SMARTS) is 1. The highest BCUT2D eigenvalue weighted by atomic mass is 16.4. The van der Waals surface area contributed by atoms with Crippen molar-refractivity contribution in [3.63, 3.8) is 0 Å². The van der Waals surface area contributed by atoms with Crippen molar-refractivity contribution in [1.29, 1.82) is 0 Å². The molecule has 0 spiro atoms. The summed E-state index contributed by atoms with van der Waals surface area (Å²) < 4.78 is 1.90. The molecule has 1 atom stereocenters. The third kappa shape index (κ3) is 3.72. The molecular weight excluding hydrogens is 282 g/mol. The first-order chi connectivity index (χ1) is 10.5. The number of imidazole rings is 1. The standard InChI is InChI=1S/C16H19N3O3/c1-12(16(21)22)18(2)15(20)8-14-9-17-11-19(14)10-13-6-4-3-5-7-13/h3-7,9,11-12H,8,10H2,1-2H3,(H,21,22). The maximum Gasteiger partial charge on any atom is 0.326 e. The number of amides is 1. The van der Waals surface area contributed by atoms with Crippen LogP contribution in [0.1, 0.15) is 18.2 Å². The molecule has 2 aromatic rings. The van der Waals surface area contributed by atoms with E-state index in [4.69, 9.17) is 5.11 Å². The minimum absolute atomic E-state index is 0.126. The molecule has 6 nitrogen and oxygen atoms in total. The lowest BCUT2D eigenvalue weighted by Crippen LogP contribution is -2.41. The highest BCUT2D eigenvalue weighted by Crippen LogP contribution is 2.09. The Morgan fingerprint density at radius 3 is 2.64 bits per heavy atom. The Hall–Kier alpha value is -2.63. The van der Waals surface area contributed by atoms with Crippen molar-refractivity contribution in [3.05, 3.63) is 54.1 Å². The van der Waals surface area contributed by atoms with Crippen LogP contribution in [0.3, 0.4) is 0 Å². The van der Waals surface area contributed by atoms with Gasteiger partial charge < -0.3 is 14.6 Å². The molecule has 1 unspecified atom stereocenters. The van der Waals surface area contributed by atoms with Crippen LogP contribution >= 0.6 is 0 Å². The van der Waals surface area contributed by atoms with Crippen LogP contribution in [0.5, 0.6) is 0 Å². The van der Waals surface area contributed by atoms with Gasteiger partial charge in [0, 0.05) is 25.5 Å². The van der Waals surface area contributed by atoms with Gasteiger partial charge in [0.25, 0.3) is 0 Å². The molecule has 116 valence electrons. The number of aliphatic carboxylic acids is 1. The fourth-order valence-corrected chi connectivity index (χ4v) is 2.08. The summed E-state index contributed by atoms with van der Waals surface area (Å²) in [7, 11) is 1.50. The molecule has 22 heavy (non-hydrogen) atoms. The Kier molecular flexibility index (Phi) is 4.93. The van der Waals surface area contributed by atoms with E-state index in [-0.39, 0.29) is 12.3 Å². The molecule has 0 aliphatic carbocycles. The summed E-state index contributed by atoms with van der Waals surface area (Å²) in [6.07, 6.45) is 3.44. The smallest absolute Gasteiger partial charge is 0.326 e. The summed E-state index contributed by atoms with van der Waals surface area (Å²) in [5, 5.41) is 8.97. The molecular formula is C16H19N3O3. The van der Waals surface area contributed by atoms with Gasteiger partial charge in [-0.2, -0.15) is 0 Å². The van der Waals surface area contributed by atoms with Crippen LogP contribution in [0.25, 0.3) is 0 Å². The van der Waals surface area contributed by atoms with Gasteiger partial charge in [-0.25, -0.2) is 9.78 Å². The number of carbonyl (C=O) groups is 2. The van der Waals surface area contributed by atoms with E-state index < -0.39 is 12.0 Å². The molecule has 1 N–H and O–H groups in total. The number of carboxylic acids is 1. The second-order valence-corrected chi connectivity index (χ2v) is 5.19. The first-order valence-electron chi connectivity index (χ1n) is 7.00. The number of likely N-dealkylation sites (N-methyl/N-ethyl adjacent to an activating group) is 1. The van der Waals surface area contributed by atoms with E-state index in [9.17, 15) is 9.59 Å². The third-order valence-corrected chi connectivity index (χ3v) is 3.66. The van der Waals surface area contributed by atoms with Crippen molar-refractivity contribution < 1.29 is 14.7 Å². The third-order valence-electron chi connectivity index (χ3n) is 3.66. The van der Waals surface area contributed by atoms with Crippen LogP contribution in [-0.2, 0) is 22.6 Å². The summed E-state index contributed by atoms with van der Waals surface area (Å²) in [4.78, 5) is 28.5. The molecule has 0 fully saturated rings. The number of hydrogen-bond acceptors (Lipinski definition) is 3. The van der Waals surface area contributed by atoms with E-state index in [0.29, 0.717) is 6.54 Å². The van der Waals surface area contributed by atoms with Crippen LogP contribution in [0.2, 0.25) is 0 Å². The van der Waals surface area contributed by atoms with Gasteiger partial charge in [-0.15, -0.1) is 0 Å². The summed E-state index contributed by atoms with van der Waals surface area (Å²) >= 11 is 0. The van der Waals surface area contributed by atoms with E-state index >= 15 is 0 Å².